The fraction of sp³-hybridized carbons (Fsp3) is 0.364. The van der Waals surface area contributed by atoms with E-state index in [1.54, 1.807) is 0 Å². The molecule has 0 saturated carbocycles. The van der Waals surface area contributed by atoms with E-state index in [0.29, 0.717) is 6.54 Å². The quantitative estimate of drug-likeness (QED) is 0.407. The predicted octanol–water partition coefficient (Wildman–Crippen LogP) is 5.27. The largest absolute Gasteiger partial charge is 0.312 e. The van der Waals surface area contributed by atoms with Crippen molar-refractivity contribution in [2.75, 3.05) is 0 Å². The third kappa shape index (κ3) is 6.58. The Morgan fingerprint density at radius 2 is 1.58 bits per heavy atom. The summed E-state index contributed by atoms with van der Waals surface area (Å²) in [5.74, 6) is 6.46. The summed E-state index contributed by atoms with van der Waals surface area (Å²) in [6.07, 6.45) is 5.63. The summed E-state index contributed by atoms with van der Waals surface area (Å²) in [5.41, 5.74) is 2.09. The third-order valence-corrected chi connectivity index (χ3v) is 4.04. The Kier molecular flexibility index (Phi) is 8.10. The average molecular weight is 321 g/mol. The molecule has 0 radical (unpaired) electrons. The third-order valence-electron chi connectivity index (χ3n) is 4.04. The fourth-order valence-corrected chi connectivity index (χ4v) is 2.63. The molecule has 0 heterocycles. The van der Waals surface area contributed by atoms with Gasteiger partial charge < -0.3 is 5.21 Å². The van der Waals surface area contributed by atoms with Crippen molar-refractivity contribution < 1.29 is 5.21 Å². The van der Waals surface area contributed by atoms with Gasteiger partial charge in [-0.1, -0.05) is 93.0 Å². The van der Waals surface area contributed by atoms with Crippen molar-refractivity contribution in [2.45, 2.75) is 51.6 Å². The summed E-state index contributed by atoms with van der Waals surface area (Å²) in [5, 5.41) is 11.9. The van der Waals surface area contributed by atoms with Crippen LogP contribution in [0.4, 0.5) is 0 Å². The van der Waals surface area contributed by atoms with Crippen LogP contribution >= 0.6 is 0 Å². The van der Waals surface area contributed by atoms with Gasteiger partial charge in [0.2, 0.25) is 0 Å². The maximum Gasteiger partial charge on any atom is 0.0963 e. The van der Waals surface area contributed by atoms with Crippen LogP contribution in [0.15, 0.2) is 60.7 Å². The van der Waals surface area contributed by atoms with Crippen LogP contribution < -0.4 is 0 Å². The highest BCUT2D eigenvalue weighted by molar-refractivity contribution is 5.34. The Bertz CT molecular complexity index is 627. The first-order valence-electron chi connectivity index (χ1n) is 8.85. The first-order valence-corrected chi connectivity index (χ1v) is 8.85. The fourth-order valence-electron chi connectivity index (χ4n) is 2.63. The molecule has 2 nitrogen and oxygen atoms in total. The molecule has 0 aliphatic rings. The van der Waals surface area contributed by atoms with Gasteiger partial charge in [0.15, 0.2) is 0 Å². The van der Waals surface area contributed by atoms with E-state index in [-0.39, 0.29) is 6.04 Å². The number of benzene rings is 2. The Morgan fingerprint density at radius 3 is 2.25 bits per heavy atom. The van der Waals surface area contributed by atoms with Crippen molar-refractivity contribution in [3.8, 4) is 11.8 Å². The summed E-state index contributed by atoms with van der Waals surface area (Å²) in [7, 11) is 0. The molecule has 126 valence electrons. The van der Waals surface area contributed by atoms with E-state index >= 15 is 0 Å². The average Bonchev–Trinajstić information content (AvgIpc) is 2.62. The van der Waals surface area contributed by atoms with Gasteiger partial charge in [-0.2, -0.15) is 5.06 Å². The molecule has 0 spiro atoms. The molecule has 1 N–H and O–H groups in total. The lowest BCUT2D eigenvalue weighted by Gasteiger charge is -2.22. The molecule has 0 bridgehead atoms. The highest BCUT2D eigenvalue weighted by Gasteiger charge is 2.14. The molecule has 0 fully saturated rings. The van der Waals surface area contributed by atoms with Crippen LogP contribution in [0, 0.1) is 11.8 Å². The first kappa shape index (κ1) is 18.3. The lowest BCUT2D eigenvalue weighted by Crippen LogP contribution is -2.30. The first-order chi connectivity index (χ1) is 11.8. The van der Waals surface area contributed by atoms with E-state index in [9.17, 15) is 5.21 Å². The van der Waals surface area contributed by atoms with Crippen molar-refractivity contribution in [1.29, 1.82) is 0 Å². The number of hydrogen-bond acceptors (Lipinski definition) is 2. The standard InChI is InChI=1S/C22H27NO/c1-2-3-4-11-16-22(18-17-20-12-7-5-8-13-20)23(24)19-21-14-9-6-10-15-21/h5-10,12-15,22,24H,2-4,11,16,19H2,1H3. The molecule has 1 unspecified atom stereocenters. The second kappa shape index (κ2) is 10.6. The van der Waals surface area contributed by atoms with Crippen molar-refractivity contribution >= 4 is 0 Å². The Labute approximate surface area is 146 Å². The zero-order chi connectivity index (χ0) is 17.0. The zero-order valence-corrected chi connectivity index (χ0v) is 14.5. The molecule has 0 amide bonds. The summed E-state index contributed by atoms with van der Waals surface area (Å²) >= 11 is 0. The number of hydroxylamine groups is 2. The molecule has 0 aliphatic carbocycles. The lowest BCUT2D eigenvalue weighted by atomic mass is 10.1. The summed E-state index contributed by atoms with van der Waals surface area (Å²) in [4.78, 5) is 0. The summed E-state index contributed by atoms with van der Waals surface area (Å²) in [6.45, 7) is 2.71. The predicted molar refractivity (Wildman–Crippen MR) is 99.6 cm³/mol. The van der Waals surface area contributed by atoms with Gasteiger partial charge in [0.25, 0.3) is 0 Å². The molecule has 0 saturated heterocycles. The van der Waals surface area contributed by atoms with Crippen LogP contribution in [-0.4, -0.2) is 16.3 Å². The minimum atomic E-state index is -0.137. The molecule has 2 aromatic carbocycles. The van der Waals surface area contributed by atoms with Gasteiger partial charge in [0, 0.05) is 5.56 Å². The van der Waals surface area contributed by atoms with E-state index in [4.69, 9.17) is 0 Å². The van der Waals surface area contributed by atoms with Gasteiger partial charge in [-0.15, -0.1) is 0 Å². The van der Waals surface area contributed by atoms with E-state index < -0.39 is 0 Å². The smallest absolute Gasteiger partial charge is 0.0963 e. The van der Waals surface area contributed by atoms with Crippen LogP contribution in [0.25, 0.3) is 0 Å². The molecular formula is C22H27NO. The molecular weight excluding hydrogens is 294 g/mol. The van der Waals surface area contributed by atoms with Crippen molar-refractivity contribution in [1.82, 2.24) is 5.06 Å². The maximum absolute atomic E-state index is 10.5. The number of nitrogens with zero attached hydrogens (tertiary/aromatic N) is 1. The highest BCUT2D eigenvalue weighted by atomic mass is 16.5. The molecule has 24 heavy (non-hydrogen) atoms. The van der Waals surface area contributed by atoms with Crippen molar-refractivity contribution in [3.05, 3.63) is 71.8 Å². The van der Waals surface area contributed by atoms with Crippen LogP contribution in [0.1, 0.15) is 50.2 Å². The van der Waals surface area contributed by atoms with E-state index in [0.717, 1.165) is 24.0 Å². The molecule has 2 aromatic rings. The number of rotatable bonds is 8. The Balaban J connectivity index is 2.02. The summed E-state index contributed by atoms with van der Waals surface area (Å²) < 4.78 is 0. The molecule has 2 rings (SSSR count). The highest BCUT2D eigenvalue weighted by Crippen LogP contribution is 2.13. The maximum atomic E-state index is 10.5. The van der Waals surface area contributed by atoms with E-state index in [2.05, 4.69) is 18.8 Å². The minimum Gasteiger partial charge on any atom is -0.312 e. The van der Waals surface area contributed by atoms with Gasteiger partial charge in [0.1, 0.15) is 0 Å². The van der Waals surface area contributed by atoms with Crippen LogP contribution in [0.3, 0.4) is 0 Å². The monoisotopic (exact) mass is 321 g/mol. The number of hydrogen-bond donors (Lipinski definition) is 1. The summed E-state index contributed by atoms with van der Waals surface area (Å²) in [6, 6.07) is 19.9. The zero-order valence-electron chi connectivity index (χ0n) is 14.5. The SMILES string of the molecule is CCCCCCC(C#Cc1ccccc1)N(O)Cc1ccccc1. The Hall–Kier alpha value is -2.08. The van der Waals surface area contributed by atoms with Gasteiger partial charge in [-0.3, -0.25) is 0 Å². The van der Waals surface area contributed by atoms with Gasteiger partial charge in [-0.05, 0) is 24.1 Å². The molecule has 0 aromatic heterocycles. The van der Waals surface area contributed by atoms with Crippen LogP contribution in [0.5, 0.6) is 0 Å². The topological polar surface area (TPSA) is 23.5 Å². The minimum absolute atomic E-state index is 0.137. The van der Waals surface area contributed by atoms with Crippen molar-refractivity contribution in [2.24, 2.45) is 0 Å². The van der Waals surface area contributed by atoms with Crippen molar-refractivity contribution in [3.63, 3.8) is 0 Å². The lowest BCUT2D eigenvalue weighted by molar-refractivity contribution is -0.121. The molecule has 2 heteroatoms. The second-order valence-electron chi connectivity index (χ2n) is 6.08. The van der Waals surface area contributed by atoms with Gasteiger partial charge >= 0.3 is 0 Å². The number of unbranched alkanes of at least 4 members (excludes halogenated alkanes) is 3. The Morgan fingerprint density at radius 1 is 0.917 bits per heavy atom. The van der Waals surface area contributed by atoms with Gasteiger partial charge in [0.05, 0.1) is 12.6 Å². The second-order valence-corrected chi connectivity index (χ2v) is 6.08. The normalized spacial score (nSPS) is 11.8. The molecule has 1 atom stereocenters. The van der Waals surface area contributed by atoms with Crippen LogP contribution in [0.2, 0.25) is 0 Å². The van der Waals surface area contributed by atoms with E-state index in [1.165, 1.54) is 24.3 Å². The van der Waals surface area contributed by atoms with Crippen LogP contribution in [-0.2, 0) is 6.54 Å². The van der Waals surface area contributed by atoms with Gasteiger partial charge in [-0.25, -0.2) is 0 Å². The van der Waals surface area contributed by atoms with E-state index in [1.807, 2.05) is 60.7 Å². The molecule has 0 aliphatic heterocycles.